The Kier molecular flexibility index (Phi) is 6.21. The molecule has 0 radical (unpaired) electrons. The second-order valence-electron chi connectivity index (χ2n) is 7.00. The van der Waals surface area contributed by atoms with Crippen LogP contribution in [0.1, 0.15) is 41.3 Å². The van der Waals surface area contributed by atoms with Gasteiger partial charge in [-0.3, -0.25) is 4.79 Å². The molecule has 0 aromatic heterocycles. The van der Waals surface area contributed by atoms with Crippen LogP contribution in [0.2, 0.25) is 5.02 Å². The van der Waals surface area contributed by atoms with Crippen molar-refractivity contribution in [3.63, 3.8) is 0 Å². The Morgan fingerprint density at radius 1 is 1.07 bits per heavy atom. The van der Waals surface area contributed by atoms with Crippen molar-refractivity contribution in [2.75, 3.05) is 6.54 Å². The zero-order valence-electron chi connectivity index (χ0n) is 16.4. The number of nitrogens with one attached hydrogen (secondary N) is 1. The summed E-state index contributed by atoms with van der Waals surface area (Å²) in [6, 6.07) is 17.5. The van der Waals surface area contributed by atoms with Gasteiger partial charge < -0.3 is 5.32 Å². The van der Waals surface area contributed by atoms with Crippen molar-refractivity contribution in [1.82, 2.24) is 5.32 Å². The van der Waals surface area contributed by atoms with Gasteiger partial charge in [-0.05, 0) is 55.0 Å². The van der Waals surface area contributed by atoms with E-state index in [1.807, 2.05) is 18.2 Å². The molecule has 1 heterocycles. The van der Waals surface area contributed by atoms with Crippen molar-refractivity contribution in [2.24, 2.45) is 4.99 Å². The van der Waals surface area contributed by atoms with Gasteiger partial charge in [-0.25, -0.2) is 9.38 Å². The van der Waals surface area contributed by atoms with Crippen LogP contribution < -0.4 is 5.32 Å². The minimum atomic E-state index is -0.321. The highest BCUT2D eigenvalue weighted by Gasteiger charge is 2.21. The highest BCUT2D eigenvalue weighted by molar-refractivity contribution is 7.99. The maximum atomic E-state index is 14.1. The average molecular weight is 439 g/mol. The molecule has 3 aromatic carbocycles. The topological polar surface area (TPSA) is 41.5 Å². The van der Waals surface area contributed by atoms with Crippen molar-refractivity contribution < 1.29 is 9.18 Å². The summed E-state index contributed by atoms with van der Waals surface area (Å²) in [4.78, 5) is 19.2. The Balaban J connectivity index is 1.80. The summed E-state index contributed by atoms with van der Waals surface area (Å²) in [5.74, 6) is -0.440. The zero-order valence-corrected chi connectivity index (χ0v) is 18.0. The lowest BCUT2D eigenvalue weighted by Gasteiger charge is -2.09. The molecular weight excluding hydrogens is 419 g/mol. The molecule has 0 spiro atoms. The maximum Gasteiger partial charge on any atom is 0.251 e. The third kappa shape index (κ3) is 4.42. The molecule has 1 aliphatic heterocycles. The molecule has 1 N–H and O–H groups in total. The SMILES string of the molecule is CCCCNC(=O)c1ccc2c(c1)N=C(c1ccc(Cl)cc1)c1cc(F)ccc1S2. The fourth-order valence-corrected chi connectivity index (χ4v) is 4.33. The average Bonchev–Trinajstić information content (AvgIpc) is 2.90. The van der Waals surface area contributed by atoms with Crippen LogP contribution >= 0.6 is 23.4 Å². The predicted octanol–water partition coefficient (Wildman–Crippen LogP) is 6.64. The molecule has 0 saturated carbocycles. The molecule has 0 atom stereocenters. The third-order valence-electron chi connectivity index (χ3n) is 4.80. The van der Waals surface area contributed by atoms with Crippen LogP contribution in [0.5, 0.6) is 0 Å². The minimum absolute atomic E-state index is 0.118. The van der Waals surface area contributed by atoms with E-state index in [0.29, 0.717) is 34.1 Å². The molecule has 152 valence electrons. The lowest BCUT2D eigenvalue weighted by Crippen LogP contribution is -2.24. The Labute approximate surface area is 184 Å². The molecule has 3 nitrogen and oxygen atoms in total. The van der Waals surface area contributed by atoms with E-state index < -0.39 is 0 Å². The number of carbonyl (C=O) groups excluding carboxylic acids is 1. The van der Waals surface area contributed by atoms with Gasteiger partial charge in [0, 0.05) is 38.0 Å². The maximum absolute atomic E-state index is 14.1. The number of halogens is 2. The Morgan fingerprint density at radius 3 is 2.60 bits per heavy atom. The molecule has 6 heteroatoms. The number of aliphatic imine (C=N–C) groups is 1. The van der Waals surface area contributed by atoms with E-state index in [-0.39, 0.29) is 11.7 Å². The predicted molar refractivity (Wildman–Crippen MR) is 121 cm³/mol. The van der Waals surface area contributed by atoms with Gasteiger partial charge in [-0.1, -0.05) is 48.8 Å². The Morgan fingerprint density at radius 2 is 1.83 bits per heavy atom. The highest BCUT2D eigenvalue weighted by Crippen LogP contribution is 2.42. The molecule has 0 saturated heterocycles. The van der Waals surface area contributed by atoms with Gasteiger partial charge in [-0.15, -0.1) is 0 Å². The van der Waals surface area contributed by atoms with Gasteiger partial charge >= 0.3 is 0 Å². The van der Waals surface area contributed by atoms with Crippen LogP contribution in [0.3, 0.4) is 0 Å². The van der Waals surface area contributed by atoms with E-state index in [1.54, 1.807) is 30.3 Å². The fraction of sp³-hybridized carbons (Fsp3) is 0.167. The van der Waals surface area contributed by atoms with E-state index in [9.17, 15) is 9.18 Å². The molecule has 3 aromatic rings. The first-order valence-corrected chi connectivity index (χ1v) is 11.0. The fourth-order valence-electron chi connectivity index (χ4n) is 3.22. The van der Waals surface area contributed by atoms with Crippen molar-refractivity contribution in [2.45, 2.75) is 29.6 Å². The van der Waals surface area contributed by atoms with Crippen LogP contribution in [-0.4, -0.2) is 18.2 Å². The number of rotatable bonds is 5. The number of carbonyl (C=O) groups is 1. The monoisotopic (exact) mass is 438 g/mol. The Hall–Kier alpha value is -2.63. The number of unbranched alkanes of at least 4 members (excludes halogenated alkanes) is 1. The minimum Gasteiger partial charge on any atom is -0.352 e. The quantitative estimate of drug-likeness (QED) is 0.355. The van der Waals surface area contributed by atoms with Gasteiger partial charge in [0.1, 0.15) is 5.82 Å². The van der Waals surface area contributed by atoms with Crippen LogP contribution in [0.4, 0.5) is 10.1 Å². The summed E-state index contributed by atoms with van der Waals surface area (Å²) in [6.07, 6.45) is 1.96. The zero-order chi connectivity index (χ0) is 21.1. The van der Waals surface area contributed by atoms with Gasteiger partial charge in [0.05, 0.1) is 11.4 Å². The number of fused-ring (bicyclic) bond motifs is 2. The van der Waals surface area contributed by atoms with Crippen LogP contribution in [0.15, 0.2) is 75.4 Å². The first-order chi connectivity index (χ1) is 14.5. The summed E-state index contributed by atoms with van der Waals surface area (Å²) in [6.45, 7) is 2.73. The van der Waals surface area contributed by atoms with Crippen molar-refractivity contribution in [3.8, 4) is 0 Å². The Bertz CT molecular complexity index is 1130. The molecule has 0 aliphatic carbocycles. The van der Waals surface area contributed by atoms with Crippen LogP contribution in [0, 0.1) is 5.82 Å². The van der Waals surface area contributed by atoms with Gasteiger partial charge in [0.25, 0.3) is 5.91 Å². The largest absolute Gasteiger partial charge is 0.352 e. The lowest BCUT2D eigenvalue weighted by atomic mass is 10.0. The molecule has 0 unspecified atom stereocenters. The van der Waals surface area contributed by atoms with Gasteiger partial charge in [0.15, 0.2) is 0 Å². The summed E-state index contributed by atoms with van der Waals surface area (Å²) >= 11 is 7.57. The number of hydrogen-bond donors (Lipinski definition) is 1. The molecule has 1 amide bonds. The van der Waals surface area contributed by atoms with Crippen LogP contribution in [0.25, 0.3) is 0 Å². The van der Waals surface area contributed by atoms with Gasteiger partial charge in [-0.2, -0.15) is 0 Å². The second-order valence-corrected chi connectivity index (χ2v) is 8.52. The first-order valence-electron chi connectivity index (χ1n) is 9.80. The first kappa shape index (κ1) is 20.6. The van der Waals surface area contributed by atoms with Crippen molar-refractivity contribution in [3.05, 3.63) is 88.2 Å². The summed E-state index contributed by atoms with van der Waals surface area (Å²) in [5.41, 5.74) is 3.44. The van der Waals surface area contributed by atoms with E-state index in [0.717, 1.165) is 28.2 Å². The van der Waals surface area contributed by atoms with E-state index in [1.165, 1.54) is 23.9 Å². The van der Waals surface area contributed by atoms with Crippen LogP contribution in [-0.2, 0) is 0 Å². The standard InChI is InChI=1S/C24H20ClFN2OS/c1-2-3-12-27-24(29)16-6-10-22-20(13-16)28-23(15-4-7-17(25)8-5-15)19-14-18(26)9-11-21(19)30-22/h4-11,13-14H,2-3,12H2,1H3,(H,27,29). The lowest BCUT2D eigenvalue weighted by molar-refractivity contribution is 0.0953. The number of nitrogens with zero attached hydrogens (tertiary/aromatic N) is 1. The van der Waals surface area contributed by atoms with E-state index in [4.69, 9.17) is 16.6 Å². The number of hydrogen-bond acceptors (Lipinski definition) is 3. The molecule has 0 bridgehead atoms. The van der Waals surface area contributed by atoms with E-state index in [2.05, 4.69) is 12.2 Å². The highest BCUT2D eigenvalue weighted by atomic mass is 35.5. The smallest absolute Gasteiger partial charge is 0.251 e. The summed E-state index contributed by atoms with van der Waals surface area (Å²) < 4.78 is 14.1. The second kappa shape index (κ2) is 9.02. The summed E-state index contributed by atoms with van der Waals surface area (Å²) in [5, 5.41) is 3.56. The molecular formula is C24H20ClFN2OS. The number of benzene rings is 3. The number of amides is 1. The summed E-state index contributed by atoms with van der Waals surface area (Å²) in [7, 11) is 0. The molecule has 1 aliphatic rings. The molecule has 0 fully saturated rings. The molecule has 30 heavy (non-hydrogen) atoms. The van der Waals surface area contributed by atoms with E-state index >= 15 is 0 Å². The van der Waals surface area contributed by atoms with Crippen molar-refractivity contribution >= 4 is 40.7 Å². The molecule has 4 rings (SSSR count). The van der Waals surface area contributed by atoms with Gasteiger partial charge in [0.2, 0.25) is 0 Å². The normalized spacial score (nSPS) is 12.4. The van der Waals surface area contributed by atoms with Crippen molar-refractivity contribution in [1.29, 1.82) is 0 Å². The third-order valence-corrected chi connectivity index (χ3v) is 6.20.